The van der Waals surface area contributed by atoms with Gasteiger partial charge in [0.25, 0.3) is 0 Å². The average Bonchev–Trinajstić information content (AvgIpc) is 2.67. The number of halogens is 4. The highest BCUT2D eigenvalue weighted by molar-refractivity contribution is 7.92. The number of sulfonamides is 1. The molecule has 0 bridgehead atoms. The summed E-state index contributed by atoms with van der Waals surface area (Å²) in [5.74, 6) is -0.652. The van der Waals surface area contributed by atoms with Crippen LogP contribution in [0, 0.1) is 0 Å². The second-order valence-electron chi connectivity index (χ2n) is 7.22. The molecule has 2 aromatic rings. The molecule has 0 fully saturated rings. The molecule has 5 nitrogen and oxygen atoms in total. The highest BCUT2D eigenvalue weighted by Gasteiger charge is 2.36. The van der Waals surface area contributed by atoms with E-state index in [1.165, 1.54) is 6.92 Å². The molecular weight excluding hydrogens is 453 g/mol. The molecule has 1 amide bonds. The lowest BCUT2D eigenvalue weighted by molar-refractivity contribution is -0.137. The van der Waals surface area contributed by atoms with Crippen LogP contribution < -0.4 is 9.62 Å². The molecule has 0 radical (unpaired) electrons. The fraction of sp³-hybridized carbons (Fsp3) is 0.381. The summed E-state index contributed by atoms with van der Waals surface area (Å²) in [4.78, 5) is 12.8. The highest BCUT2D eigenvalue weighted by Crippen LogP contribution is 2.37. The minimum Gasteiger partial charge on any atom is -0.348 e. The van der Waals surface area contributed by atoms with Crippen molar-refractivity contribution in [3.05, 3.63) is 64.2 Å². The van der Waals surface area contributed by atoms with E-state index in [0.717, 1.165) is 35.9 Å². The van der Waals surface area contributed by atoms with Gasteiger partial charge in [-0.25, -0.2) is 8.42 Å². The third-order valence-corrected chi connectivity index (χ3v) is 6.42. The van der Waals surface area contributed by atoms with Gasteiger partial charge in [0.1, 0.15) is 6.04 Å². The topological polar surface area (TPSA) is 66.5 Å². The third kappa shape index (κ3) is 6.13. The molecule has 0 aromatic heterocycles. The fourth-order valence-electron chi connectivity index (χ4n) is 3.14. The van der Waals surface area contributed by atoms with Crippen molar-refractivity contribution >= 4 is 33.2 Å². The van der Waals surface area contributed by atoms with Gasteiger partial charge >= 0.3 is 6.18 Å². The van der Waals surface area contributed by atoms with E-state index in [1.807, 2.05) is 31.2 Å². The number of nitrogens with one attached hydrogen (secondary N) is 1. The number of rotatable bonds is 7. The van der Waals surface area contributed by atoms with E-state index < -0.39 is 44.8 Å². The van der Waals surface area contributed by atoms with Crippen molar-refractivity contribution in [1.29, 1.82) is 0 Å². The van der Waals surface area contributed by atoms with Gasteiger partial charge in [0, 0.05) is 0 Å². The van der Waals surface area contributed by atoms with Gasteiger partial charge in [-0.3, -0.25) is 9.10 Å². The first-order valence-corrected chi connectivity index (χ1v) is 11.7. The number of anilines is 1. The van der Waals surface area contributed by atoms with Crippen LogP contribution in [0.15, 0.2) is 42.5 Å². The number of hydrogen-bond donors (Lipinski definition) is 1. The average molecular weight is 477 g/mol. The van der Waals surface area contributed by atoms with Crippen LogP contribution in [-0.4, -0.2) is 26.6 Å². The Kier molecular flexibility index (Phi) is 7.65. The molecule has 170 valence electrons. The van der Waals surface area contributed by atoms with Crippen LogP contribution in [0.4, 0.5) is 18.9 Å². The summed E-state index contributed by atoms with van der Waals surface area (Å²) in [7, 11) is -4.08. The summed E-state index contributed by atoms with van der Waals surface area (Å²) < 4.78 is 65.1. The van der Waals surface area contributed by atoms with E-state index in [0.29, 0.717) is 10.4 Å². The van der Waals surface area contributed by atoms with E-state index in [9.17, 15) is 26.4 Å². The molecule has 2 atom stereocenters. The van der Waals surface area contributed by atoms with Gasteiger partial charge in [0.15, 0.2) is 0 Å². The number of carbonyl (C=O) groups is 1. The number of benzene rings is 2. The molecule has 2 aromatic carbocycles. The quantitative estimate of drug-likeness (QED) is 0.614. The zero-order valence-electron chi connectivity index (χ0n) is 17.5. The fourth-order valence-corrected chi connectivity index (χ4v) is 4.53. The summed E-state index contributed by atoms with van der Waals surface area (Å²) in [6, 6.07) is 8.56. The van der Waals surface area contributed by atoms with Gasteiger partial charge < -0.3 is 5.32 Å². The summed E-state index contributed by atoms with van der Waals surface area (Å²) in [5.41, 5.74) is 0.454. The predicted molar refractivity (Wildman–Crippen MR) is 116 cm³/mol. The molecule has 0 spiro atoms. The van der Waals surface area contributed by atoms with Crippen molar-refractivity contribution in [2.45, 2.75) is 45.5 Å². The lowest BCUT2D eigenvalue weighted by Crippen LogP contribution is -2.48. The molecule has 0 saturated carbocycles. The molecule has 0 unspecified atom stereocenters. The van der Waals surface area contributed by atoms with Gasteiger partial charge in [-0.2, -0.15) is 13.2 Å². The van der Waals surface area contributed by atoms with E-state index in [2.05, 4.69) is 5.32 Å². The van der Waals surface area contributed by atoms with Gasteiger partial charge in [0.05, 0.1) is 28.6 Å². The summed E-state index contributed by atoms with van der Waals surface area (Å²) in [6.07, 6.45) is -3.09. The monoisotopic (exact) mass is 476 g/mol. The standard InChI is InChI=1S/C21H24ClF3N2O3S/c1-5-15-6-8-16(9-7-15)13(2)26-20(28)14(3)27(31(4,29)30)17-10-11-19(22)18(12-17)21(23,24)25/h6-14H,5H2,1-4H3,(H,26,28)/t13-,14+/m0/s1. The maximum absolute atomic E-state index is 13.2. The van der Waals surface area contributed by atoms with Crippen LogP contribution in [0.1, 0.15) is 43.5 Å². The molecule has 0 heterocycles. The van der Waals surface area contributed by atoms with Crippen LogP contribution in [0.2, 0.25) is 5.02 Å². The first kappa shape index (κ1) is 25.0. The van der Waals surface area contributed by atoms with E-state index in [-0.39, 0.29) is 5.69 Å². The van der Waals surface area contributed by atoms with Crippen molar-refractivity contribution in [2.75, 3.05) is 10.6 Å². The molecule has 2 rings (SSSR count). The smallest absolute Gasteiger partial charge is 0.348 e. The zero-order valence-corrected chi connectivity index (χ0v) is 19.1. The number of hydrogen-bond acceptors (Lipinski definition) is 3. The molecule has 0 aliphatic carbocycles. The van der Waals surface area contributed by atoms with Crippen LogP contribution >= 0.6 is 11.6 Å². The Bertz CT molecular complexity index is 1040. The molecule has 0 aliphatic heterocycles. The Balaban J connectivity index is 2.33. The molecule has 10 heteroatoms. The Morgan fingerprint density at radius 1 is 1.13 bits per heavy atom. The maximum Gasteiger partial charge on any atom is 0.417 e. The summed E-state index contributed by atoms with van der Waals surface area (Å²) >= 11 is 5.63. The normalized spacial score (nSPS) is 14.1. The van der Waals surface area contributed by atoms with Crippen molar-refractivity contribution in [2.24, 2.45) is 0 Å². The summed E-state index contributed by atoms with van der Waals surface area (Å²) in [6.45, 7) is 5.06. The van der Waals surface area contributed by atoms with E-state index in [4.69, 9.17) is 11.6 Å². The Morgan fingerprint density at radius 2 is 1.71 bits per heavy atom. The van der Waals surface area contributed by atoms with Gasteiger partial charge in [-0.15, -0.1) is 0 Å². The van der Waals surface area contributed by atoms with Crippen molar-refractivity contribution < 1.29 is 26.4 Å². The van der Waals surface area contributed by atoms with Crippen LogP contribution in [0.5, 0.6) is 0 Å². The lowest BCUT2D eigenvalue weighted by atomic mass is 10.0. The first-order valence-electron chi connectivity index (χ1n) is 9.51. The van der Waals surface area contributed by atoms with Gasteiger partial charge in [-0.05, 0) is 49.6 Å². The Hall–Kier alpha value is -2.26. The third-order valence-electron chi connectivity index (χ3n) is 4.85. The van der Waals surface area contributed by atoms with E-state index in [1.54, 1.807) is 6.92 Å². The van der Waals surface area contributed by atoms with Crippen LogP contribution in [0.3, 0.4) is 0 Å². The largest absolute Gasteiger partial charge is 0.417 e. The van der Waals surface area contributed by atoms with Crippen molar-refractivity contribution in [1.82, 2.24) is 5.32 Å². The van der Waals surface area contributed by atoms with Gasteiger partial charge in [0.2, 0.25) is 15.9 Å². The van der Waals surface area contributed by atoms with Crippen LogP contribution in [0.25, 0.3) is 0 Å². The SMILES string of the molecule is CCc1ccc([C@H](C)NC(=O)[C@@H](C)N(c2ccc(Cl)c(C(F)(F)F)c2)S(C)(=O)=O)cc1. The molecule has 0 aliphatic rings. The molecular formula is C21H24ClF3N2O3S. The molecule has 31 heavy (non-hydrogen) atoms. The molecule has 0 saturated heterocycles. The number of amides is 1. The molecule has 1 N–H and O–H groups in total. The Labute approximate surface area is 185 Å². The van der Waals surface area contributed by atoms with E-state index >= 15 is 0 Å². The maximum atomic E-state index is 13.2. The number of nitrogens with zero attached hydrogens (tertiary/aromatic N) is 1. The second-order valence-corrected chi connectivity index (χ2v) is 9.49. The van der Waals surface area contributed by atoms with Gasteiger partial charge in [-0.1, -0.05) is 42.8 Å². The van der Waals surface area contributed by atoms with Crippen molar-refractivity contribution in [3.8, 4) is 0 Å². The predicted octanol–water partition coefficient (Wildman–Crippen LogP) is 4.95. The number of aryl methyl sites for hydroxylation is 1. The number of carbonyl (C=O) groups excluding carboxylic acids is 1. The highest BCUT2D eigenvalue weighted by atomic mass is 35.5. The van der Waals surface area contributed by atoms with Crippen molar-refractivity contribution in [3.63, 3.8) is 0 Å². The van der Waals surface area contributed by atoms with Crippen LogP contribution in [-0.2, 0) is 27.4 Å². The first-order chi connectivity index (χ1) is 14.3. The number of alkyl halides is 3. The lowest BCUT2D eigenvalue weighted by Gasteiger charge is -2.30. The second kappa shape index (κ2) is 9.48. The Morgan fingerprint density at radius 3 is 2.19 bits per heavy atom. The summed E-state index contributed by atoms with van der Waals surface area (Å²) in [5, 5.41) is 2.15. The zero-order chi connectivity index (χ0) is 23.6. The minimum absolute atomic E-state index is 0.304. The minimum atomic E-state index is -4.78.